The van der Waals surface area contributed by atoms with Crippen LogP contribution in [0.3, 0.4) is 0 Å². The Morgan fingerprint density at radius 3 is 2.16 bits per heavy atom. The van der Waals surface area contributed by atoms with Gasteiger partial charge in [-0.3, -0.25) is 0 Å². The number of likely N-dealkylation sites (tertiary alicyclic amines) is 1. The number of alkyl halides is 6. The van der Waals surface area contributed by atoms with Crippen LogP contribution in [0.25, 0.3) is 0 Å². The number of nitrogens with one attached hydrogen (secondary N) is 2. The van der Waals surface area contributed by atoms with Crippen molar-refractivity contribution in [2.24, 2.45) is 0 Å². The Bertz CT molecular complexity index is 1410. The van der Waals surface area contributed by atoms with Crippen molar-refractivity contribution in [3.8, 4) is 0 Å². The van der Waals surface area contributed by atoms with Crippen LogP contribution < -0.4 is 10.6 Å². The van der Waals surface area contributed by atoms with E-state index in [9.17, 15) is 43.9 Å². The number of piperazine rings is 1. The molecule has 0 unspecified atom stereocenters. The third-order valence-electron chi connectivity index (χ3n) is 8.42. The average Bonchev–Trinajstić information content (AvgIpc) is 2.91. The van der Waals surface area contributed by atoms with E-state index in [2.05, 4.69) is 10.6 Å². The average molecular weight is 640 g/mol. The molecule has 0 aromatic heterocycles. The molecule has 2 atom stereocenters. The Labute approximate surface area is 245 Å². The second-order valence-electron chi connectivity index (χ2n) is 11.2. The Morgan fingerprint density at radius 1 is 1.02 bits per heavy atom. The summed E-state index contributed by atoms with van der Waals surface area (Å²) in [6.45, 7) is 3.27. The van der Waals surface area contributed by atoms with Crippen molar-refractivity contribution in [1.82, 2.24) is 15.5 Å². The number of nitrogens with zero attached hydrogens (tertiary/aromatic N) is 2. The third kappa shape index (κ3) is 7.26. The summed E-state index contributed by atoms with van der Waals surface area (Å²) in [4.78, 5) is 14.9. The zero-order valence-electron chi connectivity index (χ0n) is 23.7. The fourth-order valence-electron chi connectivity index (χ4n) is 6.25. The summed E-state index contributed by atoms with van der Waals surface area (Å²) in [6.07, 6.45) is -8.46. The number of carbonyl (C=O) groups excluding carboxylic acids is 1. The summed E-state index contributed by atoms with van der Waals surface area (Å²) in [5.74, 6) is -0.481. The molecule has 0 spiro atoms. The molecule has 2 amide bonds. The number of benzene rings is 2. The minimum Gasteiger partial charge on any atom is -0.338 e. The normalized spacial score (nSPS) is 21.5. The van der Waals surface area contributed by atoms with Crippen molar-refractivity contribution >= 4 is 16.1 Å². The molecule has 43 heavy (non-hydrogen) atoms. The second kappa shape index (κ2) is 12.2. The van der Waals surface area contributed by atoms with Gasteiger partial charge >= 0.3 is 18.4 Å². The van der Waals surface area contributed by atoms with Crippen molar-refractivity contribution in [3.05, 3.63) is 70.0 Å². The predicted molar refractivity (Wildman–Crippen MR) is 145 cm³/mol. The van der Waals surface area contributed by atoms with E-state index >= 15 is 0 Å². The summed E-state index contributed by atoms with van der Waals surface area (Å²) >= 11 is 0. The van der Waals surface area contributed by atoms with Gasteiger partial charge in [0.25, 0.3) is 10.0 Å². The lowest BCUT2D eigenvalue weighted by molar-refractivity contribution is -0.837. The minimum atomic E-state index is -4.99. The summed E-state index contributed by atoms with van der Waals surface area (Å²) in [5.41, 5.74) is -1.94. The number of amides is 2. The number of carbonyl (C=O) groups is 1. The Morgan fingerprint density at radius 2 is 1.63 bits per heavy atom. The maximum atomic E-state index is 14.0. The summed E-state index contributed by atoms with van der Waals surface area (Å²) < 4.78 is 119. The lowest BCUT2D eigenvalue weighted by Crippen LogP contribution is -2.68. The number of aryl methyl sites for hydroxylation is 1. The first-order valence-corrected chi connectivity index (χ1v) is 15.6. The van der Waals surface area contributed by atoms with Crippen molar-refractivity contribution in [3.63, 3.8) is 0 Å². The van der Waals surface area contributed by atoms with Gasteiger partial charge in [-0.05, 0) is 60.4 Å². The van der Waals surface area contributed by atoms with Gasteiger partial charge in [0.15, 0.2) is 0 Å². The van der Waals surface area contributed by atoms with Crippen molar-refractivity contribution < 1.29 is 47.8 Å². The van der Waals surface area contributed by atoms with Gasteiger partial charge in [0.05, 0.1) is 23.4 Å². The van der Waals surface area contributed by atoms with Gasteiger partial charge in [0.1, 0.15) is 24.9 Å². The molecule has 2 heterocycles. The summed E-state index contributed by atoms with van der Waals surface area (Å²) in [6, 6.07) is 3.79. The molecule has 0 bridgehead atoms. The van der Waals surface area contributed by atoms with Crippen LogP contribution in [0.4, 0.5) is 35.5 Å². The number of halogens is 7. The maximum Gasteiger partial charge on any atom is 0.416 e. The molecule has 0 aliphatic carbocycles. The molecule has 2 saturated heterocycles. The van der Waals surface area contributed by atoms with Crippen LogP contribution in [0.5, 0.6) is 0 Å². The van der Waals surface area contributed by atoms with Crippen LogP contribution in [0.15, 0.2) is 36.4 Å². The topological polar surface area (TPSA) is 78.5 Å². The Balaban J connectivity index is 1.57. The number of hydrogen-bond acceptors (Lipinski definition) is 4. The van der Waals surface area contributed by atoms with Crippen molar-refractivity contribution in [1.29, 1.82) is 0 Å². The highest BCUT2D eigenvalue weighted by Crippen LogP contribution is 2.40. The highest BCUT2D eigenvalue weighted by Gasteiger charge is 2.50. The quantitative estimate of drug-likeness (QED) is 0.344. The lowest BCUT2D eigenvalue weighted by atomic mass is 9.88. The molecule has 2 N–H and O–H groups in total. The van der Waals surface area contributed by atoms with Crippen LogP contribution in [-0.4, -0.2) is 74.8 Å². The molecule has 2 aromatic carbocycles. The fraction of sp³-hybridized carbons (Fsp3) is 0.536. The largest absolute Gasteiger partial charge is 0.416 e. The number of quaternary nitrogens is 1. The van der Waals surface area contributed by atoms with Crippen molar-refractivity contribution in [2.45, 2.75) is 50.6 Å². The maximum absolute atomic E-state index is 14.0. The number of rotatable bonds is 6. The summed E-state index contributed by atoms with van der Waals surface area (Å²) in [5, 5.41) is 5.77. The number of piperidine rings is 1. The van der Waals surface area contributed by atoms with E-state index < -0.39 is 51.4 Å². The highest BCUT2D eigenvalue weighted by atomic mass is 32.2. The van der Waals surface area contributed by atoms with Crippen LogP contribution >= 0.6 is 0 Å². The molecule has 7 nitrogen and oxygen atoms in total. The SMILES string of the molecule is Cc1cc(F)ccc1[C@H]1C[C@@H]([N+]2(S(C)(=O)=O)CCNCC2)CCN1C(=O)NCCc1cc(C(F)(F)F)cc(C(F)(F)F)c1. The zero-order chi connectivity index (χ0) is 31.8. The van der Waals surface area contributed by atoms with Crippen molar-refractivity contribution in [2.75, 3.05) is 45.5 Å². The fourth-order valence-corrected chi connectivity index (χ4v) is 7.82. The smallest absolute Gasteiger partial charge is 0.338 e. The number of urea groups is 1. The number of hydrogen-bond donors (Lipinski definition) is 2. The summed E-state index contributed by atoms with van der Waals surface area (Å²) in [7, 11) is -3.56. The standard InChI is InChI=1S/C28H33F7N4O3S/c1-18-13-22(29)3-4-24(18)25-17-23(39(43(2,41)42)11-8-36-9-12-39)6-10-38(25)26(40)37-7-5-19-14-20(27(30,31)32)16-21(15-19)28(33,34)35/h3-4,13-16,23,25,36H,5-12,17H2,1-2H3/p+1/t23-,25+/m0/s1. The number of sulfonamides is 1. The molecule has 0 saturated carbocycles. The van der Waals surface area contributed by atoms with Gasteiger partial charge in [-0.2, -0.15) is 34.8 Å². The van der Waals surface area contributed by atoms with Crippen LogP contribution in [0.2, 0.25) is 0 Å². The van der Waals surface area contributed by atoms with E-state index in [1.165, 1.54) is 23.3 Å². The second-order valence-corrected chi connectivity index (χ2v) is 13.4. The van der Waals surface area contributed by atoms with Crippen LogP contribution in [0.1, 0.15) is 46.7 Å². The molecule has 0 radical (unpaired) electrons. The first-order chi connectivity index (χ1) is 19.9. The van der Waals surface area contributed by atoms with E-state index in [4.69, 9.17) is 0 Å². The van der Waals surface area contributed by atoms with Crippen LogP contribution in [0, 0.1) is 12.7 Å². The van der Waals surface area contributed by atoms with Gasteiger partial charge in [-0.15, -0.1) is 0 Å². The van der Waals surface area contributed by atoms with Gasteiger partial charge in [-0.1, -0.05) is 6.07 Å². The van der Waals surface area contributed by atoms with E-state index in [-0.39, 0.29) is 47.5 Å². The van der Waals surface area contributed by atoms with Gasteiger partial charge < -0.3 is 15.5 Å². The third-order valence-corrected chi connectivity index (χ3v) is 10.4. The zero-order valence-corrected chi connectivity index (χ0v) is 24.5. The Hall–Kier alpha value is -2.91. The van der Waals surface area contributed by atoms with E-state index in [0.717, 1.165) is 0 Å². The molecule has 2 fully saturated rings. The minimum absolute atomic E-state index is 0.0476. The molecule has 4 rings (SSSR count). The monoisotopic (exact) mass is 639 g/mol. The van der Waals surface area contributed by atoms with Gasteiger partial charge in [0.2, 0.25) is 0 Å². The predicted octanol–water partition coefficient (Wildman–Crippen LogP) is 5.01. The highest BCUT2D eigenvalue weighted by molar-refractivity contribution is 7.85. The molecular formula is C28H34F7N4O3S+. The van der Waals surface area contributed by atoms with E-state index in [1.54, 1.807) is 13.0 Å². The molecule has 2 aliphatic heterocycles. The van der Waals surface area contributed by atoms with Crippen LogP contribution in [-0.2, 0) is 28.8 Å². The molecule has 2 aromatic rings. The molecule has 238 valence electrons. The molecular weight excluding hydrogens is 605 g/mol. The Kier molecular flexibility index (Phi) is 9.39. The molecule has 2 aliphatic rings. The van der Waals surface area contributed by atoms with E-state index in [0.29, 0.717) is 55.9 Å². The molecule has 15 heteroatoms. The van der Waals surface area contributed by atoms with Gasteiger partial charge in [0, 0.05) is 39.0 Å². The van der Waals surface area contributed by atoms with E-state index in [1.807, 2.05) is 0 Å². The first-order valence-electron chi connectivity index (χ1n) is 13.8. The van der Waals surface area contributed by atoms with Gasteiger partial charge in [-0.25, -0.2) is 13.1 Å². The lowest BCUT2D eigenvalue weighted by Gasteiger charge is -2.49. The first kappa shape index (κ1) is 33.0.